The van der Waals surface area contributed by atoms with Crippen LogP contribution in [0, 0.1) is 11.8 Å². The number of hydrogen-bond donors (Lipinski definition) is 1. The lowest BCUT2D eigenvalue weighted by Gasteiger charge is -2.31. The average Bonchev–Trinajstić information content (AvgIpc) is 2.26. The molecule has 0 saturated carbocycles. The van der Waals surface area contributed by atoms with Gasteiger partial charge in [0, 0.05) is 11.5 Å². The lowest BCUT2D eigenvalue weighted by atomic mass is 9.83. The van der Waals surface area contributed by atoms with Gasteiger partial charge >= 0.3 is 0 Å². The van der Waals surface area contributed by atoms with Gasteiger partial charge in [0.1, 0.15) is 5.75 Å². The summed E-state index contributed by atoms with van der Waals surface area (Å²) in [7, 11) is 1.62. The molecule has 16 heavy (non-hydrogen) atoms. The molecule has 0 spiro atoms. The van der Waals surface area contributed by atoms with Gasteiger partial charge in [0.2, 0.25) is 0 Å². The molecule has 1 atom stereocenters. The minimum atomic E-state index is 0.106. The lowest BCUT2D eigenvalue weighted by molar-refractivity contribution is 0.0854. The Balaban J connectivity index is 2.07. The number of benzene rings is 1. The van der Waals surface area contributed by atoms with E-state index in [-0.39, 0.29) is 11.7 Å². The van der Waals surface area contributed by atoms with Gasteiger partial charge in [0.15, 0.2) is 5.78 Å². The minimum Gasteiger partial charge on any atom is -0.497 e. The lowest BCUT2D eigenvalue weighted by Crippen LogP contribution is -2.47. The van der Waals surface area contributed by atoms with Crippen LogP contribution < -0.4 is 10.1 Å². The summed E-state index contributed by atoms with van der Waals surface area (Å²) in [4.78, 5) is 12.1. The minimum absolute atomic E-state index is 0.106. The Bertz CT molecular complexity index is 368. The molecule has 1 N–H and O–H groups in total. The van der Waals surface area contributed by atoms with E-state index in [1.165, 1.54) is 0 Å². The number of ketones is 1. The molecule has 1 aromatic rings. The summed E-state index contributed by atoms with van der Waals surface area (Å²) in [6, 6.07) is 7.34. The number of carbonyl (C=O) groups is 1. The van der Waals surface area contributed by atoms with E-state index >= 15 is 0 Å². The molecule has 0 aliphatic carbocycles. The van der Waals surface area contributed by atoms with Gasteiger partial charge in [-0.3, -0.25) is 4.79 Å². The molecule has 1 fully saturated rings. The van der Waals surface area contributed by atoms with Crippen molar-refractivity contribution in [1.29, 1.82) is 0 Å². The Labute approximate surface area is 95.8 Å². The summed E-state index contributed by atoms with van der Waals surface area (Å²) in [6.45, 7) is 3.93. The van der Waals surface area contributed by atoms with Gasteiger partial charge in [0.05, 0.1) is 7.11 Å². The first-order valence-corrected chi connectivity index (χ1v) is 5.61. The Kier molecular flexibility index (Phi) is 3.25. The Morgan fingerprint density at radius 1 is 1.38 bits per heavy atom. The third-order valence-corrected chi connectivity index (χ3v) is 3.31. The standard InChI is InChI=1S/C13H17NO2/c1-9(11-7-14-8-11)13(15)10-3-5-12(16-2)6-4-10/h3-6,9,11,14H,7-8H2,1-2H3. The Morgan fingerprint density at radius 2 is 2.00 bits per heavy atom. The van der Waals surface area contributed by atoms with Gasteiger partial charge in [0.25, 0.3) is 0 Å². The van der Waals surface area contributed by atoms with Crippen LogP contribution in [0.4, 0.5) is 0 Å². The van der Waals surface area contributed by atoms with Crippen LogP contribution in [0.15, 0.2) is 24.3 Å². The molecule has 3 nitrogen and oxygen atoms in total. The first kappa shape index (κ1) is 11.1. The molecule has 0 aromatic heterocycles. The normalized spacial score (nSPS) is 17.6. The first-order chi connectivity index (χ1) is 7.72. The number of rotatable bonds is 4. The second kappa shape index (κ2) is 4.66. The maximum absolute atomic E-state index is 12.1. The van der Waals surface area contributed by atoms with E-state index in [1.807, 2.05) is 31.2 Å². The molecule has 0 bridgehead atoms. The van der Waals surface area contributed by atoms with Crippen LogP contribution >= 0.6 is 0 Å². The average molecular weight is 219 g/mol. The smallest absolute Gasteiger partial charge is 0.166 e. The molecule has 1 aliphatic rings. The zero-order valence-electron chi connectivity index (χ0n) is 9.69. The predicted molar refractivity (Wildman–Crippen MR) is 62.8 cm³/mol. The van der Waals surface area contributed by atoms with Crippen LogP contribution in [-0.4, -0.2) is 26.0 Å². The van der Waals surface area contributed by atoms with Crippen molar-refractivity contribution in [3.8, 4) is 5.75 Å². The van der Waals surface area contributed by atoms with E-state index < -0.39 is 0 Å². The molecular weight excluding hydrogens is 202 g/mol. The highest BCUT2D eigenvalue weighted by Crippen LogP contribution is 2.21. The van der Waals surface area contributed by atoms with Gasteiger partial charge in [-0.25, -0.2) is 0 Å². The van der Waals surface area contributed by atoms with Crippen LogP contribution in [0.3, 0.4) is 0 Å². The van der Waals surface area contributed by atoms with Crippen molar-refractivity contribution in [3.05, 3.63) is 29.8 Å². The second-order valence-corrected chi connectivity index (χ2v) is 4.30. The third kappa shape index (κ3) is 2.09. The fourth-order valence-corrected chi connectivity index (χ4v) is 1.90. The molecule has 1 heterocycles. The molecule has 0 radical (unpaired) electrons. The maximum Gasteiger partial charge on any atom is 0.166 e. The summed E-state index contributed by atoms with van der Waals surface area (Å²) < 4.78 is 5.07. The molecule has 1 aliphatic heterocycles. The number of hydrogen-bond acceptors (Lipinski definition) is 3. The highest BCUT2D eigenvalue weighted by molar-refractivity contribution is 5.98. The number of carbonyl (C=O) groups excluding carboxylic acids is 1. The van der Waals surface area contributed by atoms with Crippen LogP contribution in [0.1, 0.15) is 17.3 Å². The quantitative estimate of drug-likeness (QED) is 0.784. The summed E-state index contributed by atoms with van der Waals surface area (Å²) in [5, 5.41) is 3.19. The highest BCUT2D eigenvalue weighted by Gasteiger charge is 2.29. The summed E-state index contributed by atoms with van der Waals surface area (Å²) >= 11 is 0. The second-order valence-electron chi connectivity index (χ2n) is 4.30. The largest absolute Gasteiger partial charge is 0.497 e. The molecule has 1 unspecified atom stereocenters. The monoisotopic (exact) mass is 219 g/mol. The first-order valence-electron chi connectivity index (χ1n) is 5.61. The topological polar surface area (TPSA) is 38.3 Å². The molecule has 2 rings (SSSR count). The van der Waals surface area contributed by atoms with Crippen LogP contribution in [0.25, 0.3) is 0 Å². The van der Waals surface area contributed by atoms with Crippen molar-refractivity contribution in [2.24, 2.45) is 11.8 Å². The summed E-state index contributed by atoms with van der Waals surface area (Å²) in [6.07, 6.45) is 0. The van der Waals surface area contributed by atoms with Crippen LogP contribution in [0.5, 0.6) is 5.75 Å². The number of Topliss-reactive ketones (excluding diaryl/α,β-unsaturated/α-hetero) is 1. The summed E-state index contributed by atoms with van der Waals surface area (Å²) in [5.74, 6) is 1.62. The number of nitrogens with one attached hydrogen (secondary N) is 1. The van der Waals surface area contributed by atoms with Crippen LogP contribution in [-0.2, 0) is 0 Å². The Hall–Kier alpha value is -1.35. The zero-order chi connectivity index (χ0) is 11.5. The Morgan fingerprint density at radius 3 is 2.44 bits per heavy atom. The van der Waals surface area contributed by atoms with E-state index in [0.717, 1.165) is 24.4 Å². The SMILES string of the molecule is COc1ccc(C(=O)C(C)C2CNC2)cc1. The molecule has 0 amide bonds. The van der Waals surface area contributed by atoms with E-state index in [4.69, 9.17) is 4.74 Å². The predicted octanol–water partition coefficient (Wildman–Crippen LogP) is 1.73. The highest BCUT2D eigenvalue weighted by atomic mass is 16.5. The van der Waals surface area contributed by atoms with Crippen molar-refractivity contribution in [2.45, 2.75) is 6.92 Å². The van der Waals surface area contributed by atoms with Gasteiger partial charge in [-0.2, -0.15) is 0 Å². The van der Waals surface area contributed by atoms with E-state index in [1.54, 1.807) is 7.11 Å². The molecular formula is C13H17NO2. The number of ether oxygens (including phenoxy) is 1. The molecule has 3 heteroatoms. The maximum atomic E-state index is 12.1. The van der Waals surface area contributed by atoms with E-state index in [2.05, 4.69) is 5.32 Å². The van der Waals surface area contributed by atoms with Crippen molar-refractivity contribution in [3.63, 3.8) is 0 Å². The fraction of sp³-hybridized carbons (Fsp3) is 0.462. The van der Waals surface area contributed by atoms with Crippen LogP contribution in [0.2, 0.25) is 0 Å². The third-order valence-electron chi connectivity index (χ3n) is 3.31. The van der Waals surface area contributed by atoms with E-state index in [0.29, 0.717) is 5.92 Å². The molecule has 1 aromatic carbocycles. The van der Waals surface area contributed by atoms with Crippen molar-refractivity contribution >= 4 is 5.78 Å². The van der Waals surface area contributed by atoms with Gasteiger partial charge < -0.3 is 10.1 Å². The molecule has 1 saturated heterocycles. The van der Waals surface area contributed by atoms with Crippen molar-refractivity contribution in [1.82, 2.24) is 5.32 Å². The fourth-order valence-electron chi connectivity index (χ4n) is 1.90. The van der Waals surface area contributed by atoms with Gasteiger partial charge in [-0.1, -0.05) is 6.92 Å². The van der Waals surface area contributed by atoms with E-state index in [9.17, 15) is 4.79 Å². The van der Waals surface area contributed by atoms with Crippen molar-refractivity contribution < 1.29 is 9.53 Å². The summed E-state index contributed by atoms with van der Waals surface area (Å²) in [5.41, 5.74) is 0.778. The van der Waals surface area contributed by atoms with Gasteiger partial charge in [-0.15, -0.1) is 0 Å². The van der Waals surface area contributed by atoms with Gasteiger partial charge in [-0.05, 0) is 43.3 Å². The zero-order valence-corrected chi connectivity index (χ0v) is 9.69. The number of methoxy groups -OCH3 is 1. The van der Waals surface area contributed by atoms with Crippen molar-refractivity contribution in [2.75, 3.05) is 20.2 Å². The molecule has 86 valence electrons.